The molecule has 0 saturated carbocycles. The van der Waals surface area contributed by atoms with Gasteiger partial charge in [-0.3, -0.25) is 0 Å². The lowest BCUT2D eigenvalue weighted by atomic mass is 9.84. The van der Waals surface area contributed by atoms with Crippen molar-refractivity contribution in [3.05, 3.63) is 45.8 Å². The van der Waals surface area contributed by atoms with Crippen molar-refractivity contribution in [2.45, 2.75) is 18.5 Å². The maximum atomic E-state index is 12.9. The van der Waals surface area contributed by atoms with Gasteiger partial charge in [-0.25, -0.2) is 4.79 Å². The number of amides is 2. The lowest BCUT2D eigenvalue weighted by Gasteiger charge is -2.41. The highest BCUT2D eigenvalue weighted by atomic mass is 19.4. The van der Waals surface area contributed by atoms with Gasteiger partial charge in [0.2, 0.25) is 0 Å². The molecule has 0 spiro atoms. The third-order valence-corrected chi connectivity index (χ3v) is 5.20. The van der Waals surface area contributed by atoms with Crippen LogP contribution < -0.4 is 0 Å². The Morgan fingerprint density at radius 1 is 1.18 bits per heavy atom. The number of likely N-dealkylation sites (tertiary alicyclic amines) is 1. The quantitative estimate of drug-likeness (QED) is 0.441. The molecular weight excluding hydrogens is 375 g/mol. The number of morpholine rings is 1. The minimum absolute atomic E-state index is 0.0399. The number of ether oxygens (including phenoxy) is 1. The predicted octanol–water partition coefficient (Wildman–Crippen LogP) is 3.87. The van der Waals surface area contributed by atoms with E-state index < -0.39 is 11.7 Å². The second kappa shape index (κ2) is 8.70. The van der Waals surface area contributed by atoms with Crippen LogP contribution in [0.1, 0.15) is 23.5 Å². The van der Waals surface area contributed by atoms with Crippen molar-refractivity contribution in [2.75, 3.05) is 45.9 Å². The molecule has 10 heteroatoms. The number of alkyl halides is 3. The maximum Gasteiger partial charge on any atom is 0.416 e. The number of carbonyl (C=O) groups excluding carboxylic acids is 1. The van der Waals surface area contributed by atoms with Crippen LogP contribution in [0.2, 0.25) is 0 Å². The van der Waals surface area contributed by atoms with E-state index in [-0.39, 0.29) is 24.4 Å². The Bertz CT molecular complexity index is 728. The number of carbonyl (C=O) groups is 1. The van der Waals surface area contributed by atoms with Gasteiger partial charge >= 0.3 is 12.2 Å². The average molecular weight is 397 g/mol. The average Bonchev–Trinajstić information content (AvgIpc) is 2.71. The van der Waals surface area contributed by atoms with Gasteiger partial charge in [0, 0.05) is 43.6 Å². The Morgan fingerprint density at radius 2 is 1.86 bits per heavy atom. The van der Waals surface area contributed by atoms with Crippen molar-refractivity contribution in [2.24, 2.45) is 11.0 Å². The summed E-state index contributed by atoms with van der Waals surface area (Å²) in [5.74, 6) is -0.151. The van der Waals surface area contributed by atoms with Crippen molar-refractivity contribution in [1.82, 2.24) is 9.80 Å². The van der Waals surface area contributed by atoms with Gasteiger partial charge in [-0.2, -0.15) is 13.2 Å². The van der Waals surface area contributed by atoms with Crippen LogP contribution in [0.5, 0.6) is 0 Å². The lowest BCUT2D eigenvalue weighted by Crippen LogP contribution is -2.52. The highest BCUT2D eigenvalue weighted by Gasteiger charge is 2.34. The molecule has 2 atom stereocenters. The molecule has 28 heavy (non-hydrogen) atoms. The summed E-state index contributed by atoms with van der Waals surface area (Å²) >= 11 is 0. The first-order valence-electron chi connectivity index (χ1n) is 9.18. The minimum atomic E-state index is -4.38. The van der Waals surface area contributed by atoms with Crippen molar-refractivity contribution in [1.29, 1.82) is 0 Å². The number of hydrogen-bond acceptors (Lipinski definition) is 3. The molecule has 2 fully saturated rings. The Balaban J connectivity index is 1.77. The largest absolute Gasteiger partial charge is 0.416 e. The summed E-state index contributed by atoms with van der Waals surface area (Å²) in [6.07, 6.45) is -3.73. The highest BCUT2D eigenvalue weighted by Crippen LogP contribution is 2.34. The summed E-state index contributed by atoms with van der Waals surface area (Å²) < 4.78 is 43.7. The number of halogens is 3. The number of hydrogen-bond donors (Lipinski definition) is 0. The Kier molecular flexibility index (Phi) is 6.31. The van der Waals surface area contributed by atoms with Gasteiger partial charge in [0.1, 0.15) is 0 Å². The molecule has 2 heterocycles. The van der Waals surface area contributed by atoms with Crippen LogP contribution in [-0.2, 0) is 10.9 Å². The van der Waals surface area contributed by atoms with Crippen molar-refractivity contribution in [3.8, 4) is 0 Å². The first-order chi connectivity index (χ1) is 13.4. The molecular formula is C18H22F3N5O2. The summed E-state index contributed by atoms with van der Waals surface area (Å²) in [6.45, 7) is 3.15. The zero-order chi connectivity index (χ0) is 20.1. The molecule has 0 bridgehead atoms. The van der Waals surface area contributed by atoms with E-state index in [4.69, 9.17) is 10.3 Å². The van der Waals surface area contributed by atoms with Crippen molar-refractivity contribution < 1.29 is 22.7 Å². The highest BCUT2D eigenvalue weighted by molar-refractivity contribution is 5.74. The second-order valence-corrected chi connectivity index (χ2v) is 7.12. The maximum absolute atomic E-state index is 12.9. The summed E-state index contributed by atoms with van der Waals surface area (Å²) in [4.78, 5) is 19.1. The van der Waals surface area contributed by atoms with Crippen LogP contribution in [0.3, 0.4) is 0 Å². The Morgan fingerprint density at radius 3 is 2.46 bits per heavy atom. The SMILES string of the molecule is [N-]=[N+]=NCC1CC(c2ccc(C(F)(F)F)cc2)CN(C(=O)N2CCOCC2)C1. The van der Waals surface area contributed by atoms with E-state index in [1.807, 2.05) is 0 Å². The number of nitrogens with zero attached hydrogens (tertiary/aromatic N) is 5. The Hall–Kier alpha value is -2.45. The molecule has 1 aromatic carbocycles. The van der Waals surface area contributed by atoms with E-state index in [0.29, 0.717) is 45.8 Å². The van der Waals surface area contributed by atoms with Crippen LogP contribution in [-0.4, -0.2) is 61.8 Å². The van der Waals surface area contributed by atoms with Gasteiger partial charge in [-0.05, 0) is 35.6 Å². The van der Waals surface area contributed by atoms with E-state index in [1.54, 1.807) is 9.80 Å². The fraction of sp³-hybridized carbons (Fsp3) is 0.611. The molecule has 2 saturated heterocycles. The molecule has 2 aliphatic heterocycles. The van der Waals surface area contributed by atoms with Gasteiger partial charge in [-0.1, -0.05) is 17.2 Å². The molecule has 0 aliphatic carbocycles. The van der Waals surface area contributed by atoms with Gasteiger partial charge in [0.15, 0.2) is 0 Å². The van der Waals surface area contributed by atoms with E-state index in [1.165, 1.54) is 12.1 Å². The number of benzene rings is 1. The molecule has 0 N–H and O–H groups in total. The van der Waals surface area contributed by atoms with Crippen LogP contribution in [0.25, 0.3) is 10.4 Å². The molecule has 0 radical (unpaired) electrons. The minimum Gasteiger partial charge on any atom is -0.378 e. The summed E-state index contributed by atoms with van der Waals surface area (Å²) in [6, 6.07) is 4.98. The molecule has 1 aromatic rings. The molecule has 2 aliphatic rings. The van der Waals surface area contributed by atoms with Crippen LogP contribution >= 0.6 is 0 Å². The lowest BCUT2D eigenvalue weighted by molar-refractivity contribution is -0.137. The fourth-order valence-corrected chi connectivity index (χ4v) is 3.78. The smallest absolute Gasteiger partial charge is 0.378 e. The standard InChI is InChI=1S/C18H22F3N5O2/c19-18(20,21)16-3-1-14(2-4-16)15-9-13(10-23-24-22)11-26(12-15)17(27)25-5-7-28-8-6-25/h1-4,13,15H,5-12H2. The van der Waals surface area contributed by atoms with Crippen LogP contribution in [0.15, 0.2) is 29.4 Å². The van der Waals surface area contributed by atoms with E-state index in [2.05, 4.69) is 10.0 Å². The van der Waals surface area contributed by atoms with Crippen LogP contribution in [0, 0.1) is 5.92 Å². The predicted molar refractivity (Wildman–Crippen MR) is 95.7 cm³/mol. The monoisotopic (exact) mass is 397 g/mol. The van der Waals surface area contributed by atoms with E-state index >= 15 is 0 Å². The van der Waals surface area contributed by atoms with Gasteiger partial charge < -0.3 is 14.5 Å². The third kappa shape index (κ3) is 4.88. The first kappa shape index (κ1) is 20.3. The zero-order valence-electron chi connectivity index (χ0n) is 15.3. The normalized spacial score (nSPS) is 23.2. The van der Waals surface area contributed by atoms with Crippen molar-refractivity contribution in [3.63, 3.8) is 0 Å². The molecule has 0 aromatic heterocycles. The number of urea groups is 1. The third-order valence-electron chi connectivity index (χ3n) is 5.20. The number of piperidine rings is 1. The first-order valence-corrected chi connectivity index (χ1v) is 9.18. The number of azide groups is 1. The summed E-state index contributed by atoms with van der Waals surface area (Å²) in [5, 5.41) is 3.64. The van der Waals surface area contributed by atoms with Crippen molar-refractivity contribution >= 4 is 6.03 Å². The van der Waals surface area contributed by atoms with E-state index in [9.17, 15) is 18.0 Å². The topological polar surface area (TPSA) is 81.5 Å². The van der Waals surface area contributed by atoms with Gasteiger partial charge in [0.25, 0.3) is 0 Å². The molecule has 2 unspecified atom stereocenters. The molecule has 152 valence electrons. The molecule has 2 amide bonds. The fourth-order valence-electron chi connectivity index (χ4n) is 3.78. The molecule has 3 rings (SSSR count). The second-order valence-electron chi connectivity index (χ2n) is 7.12. The summed E-state index contributed by atoms with van der Waals surface area (Å²) in [5.41, 5.74) is 8.67. The Labute approximate surface area is 160 Å². The van der Waals surface area contributed by atoms with Gasteiger partial charge in [0.05, 0.1) is 18.8 Å². The van der Waals surface area contributed by atoms with Gasteiger partial charge in [-0.15, -0.1) is 0 Å². The van der Waals surface area contributed by atoms with Crippen LogP contribution in [0.4, 0.5) is 18.0 Å². The number of rotatable bonds is 3. The molecule has 7 nitrogen and oxygen atoms in total. The summed E-state index contributed by atoms with van der Waals surface area (Å²) in [7, 11) is 0. The van der Waals surface area contributed by atoms with E-state index in [0.717, 1.165) is 17.7 Å². The zero-order valence-corrected chi connectivity index (χ0v) is 15.3.